The second-order valence-electron chi connectivity index (χ2n) is 8.17. The van der Waals surface area contributed by atoms with Crippen LogP contribution < -0.4 is 10.1 Å². The van der Waals surface area contributed by atoms with Gasteiger partial charge in [0.15, 0.2) is 6.61 Å². The van der Waals surface area contributed by atoms with Crippen molar-refractivity contribution in [1.29, 1.82) is 0 Å². The van der Waals surface area contributed by atoms with E-state index in [4.69, 9.17) is 27.9 Å². The number of carbonyl (C=O) groups is 2. The van der Waals surface area contributed by atoms with Gasteiger partial charge in [-0.1, -0.05) is 42.3 Å². The molecule has 0 unspecified atom stereocenters. The molecule has 0 aliphatic carbocycles. The van der Waals surface area contributed by atoms with Crippen LogP contribution in [0, 0.1) is 0 Å². The molecule has 2 amide bonds. The molecule has 0 saturated carbocycles. The van der Waals surface area contributed by atoms with E-state index in [-0.39, 0.29) is 25.0 Å². The number of nitrogens with one attached hydrogen (secondary N) is 1. The van der Waals surface area contributed by atoms with Gasteiger partial charge in [0.2, 0.25) is 5.91 Å². The van der Waals surface area contributed by atoms with Gasteiger partial charge < -0.3 is 15.0 Å². The summed E-state index contributed by atoms with van der Waals surface area (Å²) >= 11 is 15.3. The van der Waals surface area contributed by atoms with Crippen molar-refractivity contribution >= 4 is 50.9 Å². The average molecular weight is 530 g/mol. The van der Waals surface area contributed by atoms with E-state index in [9.17, 15) is 9.59 Å². The highest BCUT2D eigenvalue weighted by atomic mass is 79.9. The lowest BCUT2D eigenvalue weighted by molar-refractivity contribution is -0.143. The SMILES string of the molecule is CC[C@@H](C(=O)NC(C)(C)C)N(Cc1ccc(Cl)cc1)C(=O)COc1ccc(Cl)cc1Br. The molecule has 0 bridgehead atoms. The second-order valence-corrected chi connectivity index (χ2v) is 9.90. The van der Waals surface area contributed by atoms with E-state index in [1.807, 2.05) is 39.8 Å². The molecule has 8 heteroatoms. The first-order chi connectivity index (χ1) is 14.5. The quantitative estimate of drug-likeness (QED) is 0.466. The monoisotopic (exact) mass is 528 g/mol. The number of amides is 2. The number of carbonyl (C=O) groups excluding carboxylic acids is 2. The maximum absolute atomic E-state index is 13.2. The lowest BCUT2D eigenvalue weighted by atomic mass is 10.1. The van der Waals surface area contributed by atoms with Crippen molar-refractivity contribution in [2.24, 2.45) is 0 Å². The van der Waals surface area contributed by atoms with Gasteiger partial charge in [-0.15, -0.1) is 0 Å². The Labute approximate surface area is 202 Å². The fourth-order valence-corrected chi connectivity index (χ4v) is 3.90. The Morgan fingerprint density at radius 1 is 1.10 bits per heavy atom. The summed E-state index contributed by atoms with van der Waals surface area (Å²) in [5.74, 6) is -0.00548. The zero-order valence-electron chi connectivity index (χ0n) is 18.0. The fraction of sp³-hybridized carbons (Fsp3) is 0.391. The van der Waals surface area contributed by atoms with Crippen molar-refractivity contribution in [2.45, 2.75) is 52.2 Å². The molecule has 0 spiro atoms. The highest BCUT2D eigenvalue weighted by molar-refractivity contribution is 9.10. The van der Waals surface area contributed by atoms with E-state index in [2.05, 4.69) is 21.2 Å². The summed E-state index contributed by atoms with van der Waals surface area (Å²) in [5, 5.41) is 4.13. The van der Waals surface area contributed by atoms with Crippen molar-refractivity contribution in [3.8, 4) is 5.75 Å². The van der Waals surface area contributed by atoms with Crippen LogP contribution in [0.2, 0.25) is 10.0 Å². The Bertz CT molecular complexity index is 914. The molecule has 2 rings (SSSR count). The van der Waals surface area contributed by atoms with E-state index in [0.717, 1.165) is 5.56 Å². The molecule has 0 saturated heterocycles. The summed E-state index contributed by atoms with van der Waals surface area (Å²) in [6, 6.07) is 11.6. The van der Waals surface area contributed by atoms with E-state index in [1.165, 1.54) is 0 Å². The van der Waals surface area contributed by atoms with Crippen LogP contribution >= 0.6 is 39.1 Å². The molecule has 0 heterocycles. The third-order valence-corrected chi connectivity index (χ3v) is 5.50. The van der Waals surface area contributed by atoms with Crippen LogP contribution in [-0.4, -0.2) is 34.9 Å². The molecule has 5 nitrogen and oxygen atoms in total. The van der Waals surface area contributed by atoms with Crippen LogP contribution in [0.4, 0.5) is 0 Å². The fourth-order valence-electron chi connectivity index (χ4n) is 2.97. The van der Waals surface area contributed by atoms with Crippen molar-refractivity contribution in [2.75, 3.05) is 6.61 Å². The summed E-state index contributed by atoms with van der Waals surface area (Å²) in [6.07, 6.45) is 0.464. The summed E-state index contributed by atoms with van der Waals surface area (Å²) in [5.41, 5.74) is 0.455. The number of ether oxygens (including phenoxy) is 1. The molecule has 0 fully saturated rings. The van der Waals surface area contributed by atoms with Crippen LogP contribution in [0.1, 0.15) is 39.7 Å². The molecule has 0 radical (unpaired) electrons. The topological polar surface area (TPSA) is 58.6 Å². The summed E-state index contributed by atoms with van der Waals surface area (Å²) < 4.78 is 6.36. The normalized spacial score (nSPS) is 12.2. The van der Waals surface area contributed by atoms with Gasteiger partial charge in [0.05, 0.1) is 4.47 Å². The lowest BCUT2D eigenvalue weighted by Gasteiger charge is -2.33. The maximum atomic E-state index is 13.2. The summed E-state index contributed by atoms with van der Waals surface area (Å²) in [4.78, 5) is 27.7. The van der Waals surface area contributed by atoms with Crippen molar-refractivity contribution in [3.05, 3.63) is 62.5 Å². The molecular weight excluding hydrogens is 503 g/mol. The number of hydrogen-bond acceptors (Lipinski definition) is 3. The molecule has 2 aromatic rings. The first-order valence-electron chi connectivity index (χ1n) is 9.94. The molecular formula is C23H27BrCl2N2O3. The van der Waals surface area contributed by atoms with Crippen LogP contribution in [0.3, 0.4) is 0 Å². The number of halogens is 3. The zero-order valence-corrected chi connectivity index (χ0v) is 21.1. The minimum absolute atomic E-state index is 0.204. The highest BCUT2D eigenvalue weighted by Crippen LogP contribution is 2.28. The van der Waals surface area contributed by atoms with Crippen LogP contribution in [0.5, 0.6) is 5.75 Å². The van der Waals surface area contributed by atoms with Gasteiger partial charge in [0, 0.05) is 22.1 Å². The molecule has 0 aliphatic rings. The zero-order chi connectivity index (χ0) is 23.2. The van der Waals surface area contributed by atoms with Gasteiger partial charge in [0.1, 0.15) is 11.8 Å². The Balaban J connectivity index is 2.24. The molecule has 31 heavy (non-hydrogen) atoms. The smallest absolute Gasteiger partial charge is 0.261 e. The largest absolute Gasteiger partial charge is 0.483 e. The Morgan fingerprint density at radius 2 is 1.71 bits per heavy atom. The van der Waals surface area contributed by atoms with E-state index < -0.39 is 11.6 Å². The molecule has 1 atom stereocenters. The first kappa shape index (κ1) is 25.5. The van der Waals surface area contributed by atoms with Gasteiger partial charge in [-0.05, 0) is 79.0 Å². The minimum atomic E-state index is -0.639. The molecule has 2 aromatic carbocycles. The standard InChI is InChI=1S/C23H27BrCl2N2O3/c1-5-19(22(30)27-23(2,3)4)28(13-15-6-8-16(25)9-7-15)21(29)14-31-20-11-10-17(26)12-18(20)24/h6-12,19H,5,13-14H2,1-4H3,(H,27,30)/t19-/m0/s1. The Morgan fingerprint density at radius 3 is 2.26 bits per heavy atom. The predicted octanol–water partition coefficient (Wildman–Crippen LogP) is 5.86. The first-order valence-corrected chi connectivity index (χ1v) is 11.5. The third-order valence-electron chi connectivity index (χ3n) is 4.40. The molecule has 168 valence electrons. The average Bonchev–Trinajstić information content (AvgIpc) is 2.67. The highest BCUT2D eigenvalue weighted by Gasteiger charge is 2.31. The molecule has 0 aliphatic heterocycles. The number of nitrogens with zero attached hydrogens (tertiary/aromatic N) is 1. The van der Waals surface area contributed by atoms with Gasteiger partial charge in [0.25, 0.3) is 5.91 Å². The number of rotatable bonds is 8. The van der Waals surface area contributed by atoms with Gasteiger partial charge in [-0.2, -0.15) is 0 Å². The van der Waals surface area contributed by atoms with Crippen molar-refractivity contribution in [3.63, 3.8) is 0 Å². The van der Waals surface area contributed by atoms with E-state index >= 15 is 0 Å². The summed E-state index contributed by atoms with van der Waals surface area (Å²) in [7, 11) is 0. The van der Waals surface area contributed by atoms with Gasteiger partial charge >= 0.3 is 0 Å². The molecule has 0 aromatic heterocycles. The number of hydrogen-bond donors (Lipinski definition) is 1. The van der Waals surface area contributed by atoms with E-state index in [0.29, 0.717) is 26.7 Å². The predicted molar refractivity (Wildman–Crippen MR) is 129 cm³/mol. The number of benzene rings is 2. The van der Waals surface area contributed by atoms with Crippen LogP contribution in [0.25, 0.3) is 0 Å². The van der Waals surface area contributed by atoms with Crippen molar-refractivity contribution in [1.82, 2.24) is 10.2 Å². The maximum Gasteiger partial charge on any atom is 0.261 e. The van der Waals surface area contributed by atoms with Crippen molar-refractivity contribution < 1.29 is 14.3 Å². The Hall–Kier alpha value is -1.76. The minimum Gasteiger partial charge on any atom is -0.483 e. The third kappa shape index (κ3) is 8.02. The Kier molecular flexibility index (Phi) is 9.22. The van der Waals surface area contributed by atoms with Crippen LogP contribution in [-0.2, 0) is 16.1 Å². The lowest BCUT2D eigenvalue weighted by Crippen LogP contribution is -2.54. The summed E-state index contributed by atoms with van der Waals surface area (Å²) in [6.45, 7) is 7.65. The second kappa shape index (κ2) is 11.2. The van der Waals surface area contributed by atoms with E-state index in [1.54, 1.807) is 35.2 Å². The van der Waals surface area contributed by atoms with Gasteiger partial charge in [-0.3, -0.25) is 9.59 Å². The molecule has 1 N–H and O–H groups in total. The van der Waals surface area contributed by atoms with Gasteiger partial charge in [-0.25, -0.2) is 0 Å². The van der Waals surface area contributed by atoms with Crippen LogP contribution in [0.15, 0.2) is 46.9 Å².